The standard InChI is InChI=1S/C14H23NO/c1-6-11-7-12(10(4)15)8-13(9(2)3)14(11)16-5/h7-10H,6,15H2,1-5H3. The summed E-state index contributed by atoms with van der Waals surface area (Å²) in [5.74, 6) is 1.49. The lowest BCUT2D eigenvalue weighted by Gasteiger charge is -2.19. The van der Waals surface area contributed by atoms with Crippen LogP contribution in [0.15, 0.2) is 12.1 Å². The topological polar surface area (TPSA) is 35.2 Å². The van der Waals surface area contributed by atoms with Gasteiger partial charge in [0.25, 0.3) is 0 Å². The Kier molecular flexibility index (Phi) is 4.36. The normalized spacial score (nSPS) is 12.9. The highest BCUT2D eigenvalue weighted by Crippen LogP contribution is 2.33. The van der Waals surface area contributed by atoms with Gasteiger partial charge in [-0.3, -0.25) is 0 Å². The van der Waals surface area contributed by atoms with Gasteiger partial charge >= 0.3 is 0 Å². The fourth-order valence-corrected chi connectivity index (χ4v) is 1.94. The van der Waals surface area contributed by atoms with E-state index in [1.807, 2.05) is 6.92 Å². The molecule has 2 N–H and O–H groups in total. The number of aryl methyl sites for hydroxylation is 1. The third-order valence-electron chi connectivity index (χ3n) is 2.95. The molecule has 16 heavy (non-hydrogen) atoms. The quantitative estimate of drug-likeness (QED) is 0.845. The maximum absolute atomic E-state index is 5.96. The number of hydrogen-bond donors (Lipinski definition) is 1. The third-order valence-corrected chi connectivity index (χ3v) is 2.95. The SMILES string of the molecule is CCc1cc(C(C)N)cc(C(C)C)c1OC. The Balaban J connectivity index is 3.37. The molecule has 0 saturated heterocycles. The molecule has 1 aromatic carbocycles. The van der Waals surface area contributed by atoms with Crippen LogP contribution in [-0.2, 0) is 6.42 Å². The van der Waals surface area contributed by atoms with E-state index in [4.69, 9.17) is 10.5 Å². The highest BCUT2D eigenvalue weighted by molar-refractivity contribution is 5.47. The van der Waals surface area contributed by atoms with Crippen molar-refractivity contribution in [3.63, 3.8) is 0 Å². The summed E-state index contributed by atoms with van der Waals surface area (Å²) >= 11 is 0. The molecule has 0 aromatic heterocycles. The zero-order valence-electron chi connectivity index (χ0n) is 11.0. The van der Waals surface area contributed by atoms with Crippen LogP contribution < -0.4 is 10.5 Å². The second-order valence-electron chi connectivity index (χ2n) is 4.60. The van der Waals surface area contributed by atoms with Gasteiger partial charge in [-0.25, -0.2) is 0 Å². The van der Waals surface area contributed by atoms with Crippen LogP contribution in [0.5, 0.6) is 5.75 Å². The Hall–Kier alpha value is -1.02. The molecule has 0 radical (unpaired) electrons. The Labute approximate surface area is 98.8 Å². The van der Waals surface area contributed by atoms with E-state index in [-0.39, 0.29) is 6.04 Å². The minimum Gasteiger partial charge on any atom is -0.496 e. The van der Waals surface area contributed by atoms with E-state index in [1.54, 1.807) is 7.11 Å². The van der Waals surface area contributed by atoms with E-state index < -0.39 is 0 Å². The molecular formula is C14H23NO. The van der Waals surface area contributed by atoms with E-state index in [2.05, 4.69) is 32.9 Å². The van der Waals surface area contributed by atoms with Crippen molar-refractivity contribution in [3.8, 4) is 5.75 Å². The number of benzene rings is 1. The summed E-state index contributed by atoms with van der Waals surface area (Å²) in [6.45, 7) is 8.53. The smallest absolute Gasteiger partial charge is 0.125 e. The summed E-state index contributed by atoms with van der Waals surface area (Å²) in [4.78, 5) is 0. The van der Waals surface area contributed by atoms with Crippen LogP contribution >= 0.6 is 0 Å². The summed E-state index contributed by atoms with van der Waals surface area (Å²) in [5.41, 5.74) is 9.66. The largest absolute Gasteiger partial charge is 0.496 e. The summed E-state index contributed by atoms with van der Waals surface area (Å²) in [5, 5.41) is 0. The van der Waals surface area contributed by atoms with E-state index in [1.165, 1.54) is 16.7 Å². The molecule has 1 atom stereocenters. The molecule has 1 unspecified atom stereocenters. The molecule has 0 aliphatic carbocycles. The van der Waals surface area contributed by atoms with E-state index in [0.29, 0.717) is 5.92 Å². The Bertz CT molecular complexity index is 356. The second kappa shape index (κ2) is 5.35. The van der Waals surface area contributed by atoms with Gasteiger partial charge in [-0.2, -0.15) is 0 Å². The average Bonchev–Trinajstić information content (AvgIpc) is 2.26. The molecule has 0 bridgehead atoms. The van der Waals surface area contributed by atoms with Crippen molar-refractivity contribution in [2.45, 2.75) is 46.1 Å². The molecule has 2 heteroatoms. The number of hydrogen-bond acceptors (Lipinski definition) is 2. The molecule has 1 rings (SSSR count). The molecule has 0 amide bonds. The number of nitrogens with two attached hydrogens (primary N) is 1. The van der Waals surface area contributed by atoms with Gasteiger partial charge in [0.2, 0.25) is 0 Å². The third kappa shape index (κ3) is 2.56. The molecular weight excluding hydrogens is 198 g/mol. The van der Waals surface area contributed by atoms with Gasteiger partial charge in [0.15, 0.2) is 0 Å². The van der Waals surface area contributed by atoms with Crippen LogP contribution in [0.1, 0.15) is 56.3 Å². The molecule has 0 fully saturated rings. The molecule has 0 aliphatic heterocycles. The lowest BCUT2D eigenvalue weighted by molar-refractivity contribution is 0.402. The van der Waals surface area contributed by atoms with Crippen LogP contribution in [-0.4, -0.2) is 7.11 Å². The van der Waals surface area contributed by atoms with Crippen molar-refractivity contribution in [1.29, 1.82) is 0 Å². The van der Waals surface area contributed by atoms with Gasteiger partial charge in [-0.05, 0) is 36.0 Å². The molecule has 0 heterocycles. The van der Waals surface area contributed by atoms with Crippen LogP contribution in [0.3, 0.4) is 0 Å². The number of methoxy groups -OCH3 is 1. The van der Waals surface area contributed by atoms with Gasteiger partial charge in [0, 0.05) is 6.04 Å². The predicted molar refractivity (Wildman–Crippen MR) is 69.1 cm³/mol. The molecule has 0 saturated carbocycles. The van der Waals surface area contributed by atoms with Crippen molar-refractivity contribution in [2.75, 3.05) is 7.11 Å². The maximum Gasteiger partial charge on any atom is 0.125 e. The fraction of sp³-hybridized carbons (Fsp3) is 0.571. The molecule has 90 valence electrons. The molecule has 0 aliphatic rings. The lowest BCUT2D eigenvalue weighted by Crippen LogP contribution is -2.08. The zero-order chi connectivity index (χ0) is 12.3. The Morgan fingerprint density at radius 1 is 1.25 bits per heavy atom. The monoisotopic (exact) mass is 221 g/mol. The van der Waals surface area contributed by atoms with Crippen molar-refractivity contribution in [2.24, 2.45) is 5.73 Å². The van der Waals surface area contributed by atoms with Gasteiger partial charge < -0.3 is 10.5 Å². The average molecular weight is 221 g/mol. The lowest BCUT2D eigenvalue weighted by atomic mass is 9.93. The number of ether oxygens (including phenoxy) is 1. The second-order valence-corrected chi connectivity index (χ2v) is 4.60. The minimum atomic E-state index is 0.0775. The van der Waals surface area contributed by atoms with Crippen LogP contribution in [0.2, 0.25) is 0 Å². The van der Waals surface area contributed by atoms with Crippen molar-refractivity contribution in [3.05, 3.63) is 28.8 Å². The molecule has 1 aromatic rings. The first kappa shape index (κ1) is 13.0. The van der Waals surface area contributed by atoms with E-state index in [0.717, 1.165) is 12.2 Å². The van der Waals surface area contributed by atoms with Crippen LogP contribution in [0.25, 0.3) is 0 Å². The van der Waals surface area contributed by atoms with Gasteiger partial charge in [-0.15, -0.1) is 0 Å². The molecule has 0 spiro atoms. The Morgan fingerprint density at radius 3 is 2.25 bits per heavy atom. The van der Waals surface area contributed by atoms with Gasteiger partial charge in [-0.1, -0.05) is 32.9 Å². The van der Waals surface area contributed by atoms with Crippen molar-refractivity contribution in [1.82, 2.24) is 0 Å². The summed E-state index contributed by atoms with van der Waals surface area (Å²) < 4.78 is 5.52. The predicted octanol–water partition coefficient (Wildman–Crippen LogP) is 3.40. The van der Waals surface area contributed by atoms with Crippen LogP contribution in [0, 0.1) is 0 Å². The van der Waals surface area contributed by atoms with Crippen LogP contribution in [0.4, 0.5) is 0 Å². The molecule has 2 nitrogen and oxygen atoms in total. The zero-order valence-corrected chi connectivity index (χ0v) is 11.0. The highest BCUT2D eigenvalue weighted by atomic mass is 16.5. The highest BCUT2D eigenvalue weighted by Gasteiger charge is 2.14. The number of rotatable bonds is 4. The van der Waals surface area contributed by atoms with Gasteiger partial charge in [0.1, 0.15) is 5.75 Å². The Morgan fingerprint density at radius 2 is 1.88 bits per heavy atom. The van der Waals surface area contributed by atoms with E-state index >= 15 is 0 Å². The summed E-state index contributed by atoms with van der Waals surface area (Å²) in [6, 6.07) is 4.41. The first-order valence-electron chi connectivity index (χ1n) is 5.97. The summed E-state index contributed by atoms with van der Waals surface area (Å²) in [6.07, 6.45) is 0.976. The first-order chi connectivity index (χ1) is 7.51. The van der Waals surface area contributed by atoms with Crippen molar-refractivity contribution >= 4 is 0 Å². The summed E-state index contributed by atoms with van der Waals surface area (Å²) in [7, 11) is 1.74. The first-order valence-corrected chi connectivity index (χ1v) is 5.97. The van der Waals surface area contributed by atoms with E-state index in [9.17, 15) is 0 Å². The van der Waals surface area contributed by atoms with Crippen molar-refractivity contribution < 1.29 is 4.74 Å². The maximum atomic E-state index is 5.96. The minimum absolute atomic E-state index is 0.0775. The fourth-order valence-electron chi connectivity index (χ4n) is 1.94. The van der Waals surface area contributed by atoms with Gasteiger partial charge in [0.05, 0.1) is 7.11 Å².